The van der Waals surface area contributed by atoms with Gasteiger partial charge in [-0.3, -0.25) is 0 Å². The lowest BCUT2D eigenvalue weighted by Gasteiger charge is -2.28. The lowest BCUT2D eigenvalue weighted by Crippen LogP contribution is -2.40. The van der Waals surface area contributed by atoms with E-state index in [1.54, 1.807) is 25.3 Å². The summed E-state index contributed by atoms with van der Waals surface area (Å²) >= 11 is 0. The zero-order chi connectivity index (χ0) is 20.3. The zero-order valence-corrected chi connectivity index (χ0v) is 15.4. The van der Waals surface area contributed by atoms with Crippen molar-refractivity contribution in [2.45, 2.75) is 25.6 Å². The number of rotatable bonds is 5. The van der Waals surface area contributed by atoms with Crippen molar-refractivity contribution >= 4 is 12.0 Å². The zero-order valence-electron chi connectivity index (χ0n) is 15.4. The number of hydrogen-bond acceptors (Lipinski definition) is 4. The summed E-state index contributed by atoms with van der Waals surface area (Å²) in [6.45, 7) is 1.51. The molecule has 0 fully saturated rings. The van der Waals surface area contributed by atoms with Gasteiger partial charge in [0.15, 0.2) is 0 Å². The molecule has 4 nitrogen and oxygen atoms in total. The highest BCUT2D eigenvalue weighted by molar-refractivity contribution is 5.96. The number of carbonyl (C=O) groups excluding carboxylic acids is 1. The third-order valence-electron chi connectivity index (χ3n) is 4.27. The molecule has 0 aromatic heterocycles. The maximum Gasteiger partial charge on any atom is 0.430 e. The molecule has 28 heavy (non-hydrogen) atoms. The summed E-state index contributed by atoms with van der Waals surface area (Å²) in [6.07, 6.45) is -5.41. The fourth-order valence-corrected chi connectivity index (χ4v) is 2.99. The number of fused-ring (bicyclic) bond motifs is 1. The number of alkyl halides is 3. The molecule has 0 aliphatic carbocycles. The maximum absolute atomic E-state index is 13.4. The maximum atomic E-state index is 13.4. The fraction of sp³-hybridized carbons (Fsp3) is 0.286. The molecule has 0 bridgehead atoms. The summed E-state index contributed by atoms with van der Waals surface area (Å²) < 4.78 is 55.4. The molecule has 1 aliphatic rings. The van der Waals surface area contributed by atoms with Crippen LogP contribution in [0, 0.1) is 0 Å². The highest BCUT2D eigenvalue weighted by Gasteiger charge is 2.48. The van der Waals surface area contributed by atoms with E-state index in [0.29, 0.717) is 17.7 Å². The van der Waals surface area contributed by atoms with Crippen LogP contribution in [0.4, 0.5) is 13.2 Å². The number of hydrogen-bond donors (Lipinski definition) is 0. The van der Waals surface area contributed by atoms with Crippen LogP contribution >= 0.6 is 0 Å². The molecule has 0 saturated carbocycles. The van der Waals surface area contributed by atoms with Crippen molar-refractivity contribution in [3.8, 4) is 11.5 Å². The van der Waals surface area contributed by atoms with Crippen molar-refractivity contribution < 1.29 is 32.2 Å². The molecule has 148 valence electrons. The van der Waals surface area contributed by atoms with Crippen molar-refractivity contribution in [3.63, 3.8) is 0 Å². The Morgan fingerprint density at radius 3 is 2.57 bits per heavy atom. The summed E-state index contributed by atoms with van der Waals surface area (Å²) in [5.41, 5.74) is 1.58. The van der Waals surface area contributed by atoms with E-state index in [4.69, 9.17) is 14.2 Å². The van der Waals surface area contributed by atoms with Crippen molar-refractivity contribution in [3.05, 3.63) is 64.7 Å². The Labute approximate surface area is 160 Å². The number of esters is 1. The number of ether oxygens (including phenoxy) is 3. The summed E-state index contributed by atoms with van der Waals surface area (Å²) in [5, 5.41) is 0. The van der Waals surface area contributed by atoms with E-state index in [1.807, 2.05) is 24.3 Å². The second kappa shape index (κ2) is 7.96. The van der Waals surface area contributed by atoms with Gasteiger partial charge in [0.05, 0.1) is 19.3 Å². The Hall–Kier alpha value is -2.96. The number of benzene rings is 2. The molecule has 7 heteroatoms. The molecule has 0 amide bonds. The Morgan fingerprint density at radius 1 is 1.14 bits per heavy atom. The van der Waals surface area contributed by atoms with Gasteiger partial charge < -0.3 is 14.2 Å². The predicted octanol–water partition coefficient (Wildman–Crippen LogP) is 4.56. The molecule has 2 aromatic rings. The van der Waals surface area contributed by atoms with Crippen LogP contribution < -0.4 is 9.47 Å². The van der Waals surface area contributed by atoms with Gasteiger partial charge in [-0.15, -0.1) is 0 Å². The van der Waals surface area contributed by atoms with E-state index in [0.717, 1.165) is 11.1 Å². The SMILES string of the molecule is CCOC(=O)C1=Cc2ccc(Cc3cccc(OC)c3)cc2OC1C(F)(F)F. The number of halogens is 3. The van der Waals surface area contributed by atoms with E-state index < -0.39 is 23.8 Å². The minimum Gasteiger partial charge on any atom is -0.497 e. The molecule has 0 radical (unpaired) electrons. The van der Waals surface area contributed by atoms with Crippen LogP contribution in [0.15, 0.2) is 48.0 Å². The molecule has 1 unspecified atom stereocenters. The Bertz CT molecular complexity index is 903. The molecular formula is C21H19F3O4. The van der Waals surface area contributed by atoms with Crippen molar-refractivity contribution in [2.75, 3.05) is 13.7 Å². The summed E-state index contributed by atoms with van der Waals surface area (Å²) in [5.74, 6) is -0.252. The van der Waals surface area contributed by atoms with Crippen molar-refractivity contribution in [2.24, 2.45) is 0 Å². The van der Waals surface area contributed by atoms with Gasteiger partial charge in [0.1, 0.15) is 11.5 Å². The topological polar surface area (TPSA) is 44.8 Å². The van der Waals surface area contributed by atoms with Crippen molar-refractivity contribution in [1.29, 1.82) is 0 Å². The second-order valence-corrected chi connectivity index (χ2v) is 6.26. The predicted molar refractivity (Wildman–Crippen MR) is 97.3 cm³/mol. The van der Waals surface area contributed by atoms with Gasteiger partial charge in [-0.1, -0.05) is 24.3 Å². The first-order valence-corrected chi connectivity index (χ1v) is 8.69. The first kappa shape index (κ1) is 19.8. The molecule has 0 spiro atoms. The molecule has 1 aliphatic heterocycles. The number of carbonyl (C=O) groups is 1. The first-order chi connectivity index (χ1) is 13.3. The highest BCUT2D eigenvalue weighted by Crippen LogP contribution is 2.38. The monoisotopic (exact) mass is 392 g/mol. The number of methoxy groups -OCH3 is 1. The third kappa shape index (κ3) is 4.30. The van der Waals surface area contributed by atoms with E-state index in [1.165, 1.54) is 13.0 Å². The standard InChI is InChI=1S/C21H19F3O4/c1-3-27-20(25)17-12-15-8-7-14(9-13-5-4-6-16(10-13)26-2)11-18(15)28-19(17)21(22,23)24/h4-8,10-12,19H,3,9H2,1-2H3. The average molecular weight is 392 g/mol. The van der Waals surface area contributed by atoms with Crippen LogP contribution in [-0.2, 0) is 16.0 Å². The quantitative estimate of drug-likeness (QED) is 0.700. The van der Waals surface area contributed by atoms with E-state index in [9.17, 15) is 18.0 Å². The van der Waals surface area contributed by atoms with Gasteiger partial charge in [0, 0.05) is 5.56 Å². The van der Waals surface area contributed by atoms with Crippen LogP contribution in [0.3, 0.4) is 0 Å². The fourth-order valence-electron chi connectivity index (χ4n) is 2.99. The minimum absolute atomic E-state index is 0.0208. The van der Waals surface area contributed by atoms with E-state index >= 15 is 0 Å². The highest BCUT2D eigenvalue weighted by atomic mass is 19.4. The van der Waals surface area contributed by atoms with Gasteiger partial charge in [0.2, 0.25) is 6.10 Å². The summed E-state index contributed by atoms with van der Waals surface area (Å²) in [7, 11) is 1.57. The van der Waals surface area contributed by atoms with Crippen molar-refractivity contribution in [1.82, 2.24) is 0 Å². The van der Waals surface area contributed by atoms with Crippen LogP contribution in [0.1, 0.15) is 23.6 Å². The third-order valence-corrected chi connectivity index (χ3v) is 4.27. The van der Waals surface area contributed by atoms with Gasteiger partial charge in [-0.25, -0.2) is 4.79 Å². The van der Waals surface area contributed by atoms with Gasteiger partial charge in [-0.2, -0.15) is 13.2 Å². The molecule has 0 N–H and O–H groups in total. The molecule has 1 heterocycles. The molecule has 2 aromatic carbocycles. The van der Waals surface area contributed by atoms with E-state index in [2.05, 4.69) is 0 Å². The van der Waals surface area contributed by atoms with Gasteiger partial charge >= 0.3 is 12.1 Å². The molecule has 0 saturated heterocycles. The normalized spacial score (nSPS) is 15.9. The Morgan fingerprint density at radius 2 is 1.89 bits per heavy atom. The van der Waals surface area contributed by atoms with E-state index in [-0.39, 0.29) is 12.4 Å². The first-order valence-electron chi connectivity index (χ1n) is 8.69. The van der Waals surface area contributed by atoms with Crippen LogP contribution in [-0.4, -0.2) is 32.0 Å². The summed E-state index contributed by atoms with van der Waals surface area (Å²) in [4.78, 5) is 12.0. The van der Waals surface area contributed by atoms with Crippen LogP contribution in [0.5, 0.6) is 11.5 Å². The summed E-state index contributed by atoms with van der Waals surface area (Å²) in [6, 6.07) is 12.4. The minimum atomic E-state index is -4.74. The Kier molecular flexibility index (Phi) is 5.63. The molecule has 3 rings (SSSR count). The van der Waals surface area contributed by atoms with Gasteiger partial charge in [0.25, 0.3) is 0 Å². The lowest BCUT2D eigenvalue weighted by atomic mass is 9.97. The second-order valence-electron chi connectivity index (χ2n) is 6.26. The Balaban J connectivity index is 1.92. The lowest BCUT2D eigenvalue weighted by molar-refractivity contribution is -0.187. The van der Waals surface area contributed by atoms with Gasteiger partial charge in [-0.05, 0) is 48.7 Å². The van der Waals surface area contributed by atoms with Crippen LogP contribution in [0.2, 0.25) is 0 Å². The van der Waals surface area contributed by atoms with Crippen LogP contribution in [0.25, 0.3) is 6.08 Å². The molecule has 1 atom stereocenters. The largest absolute Gasteiger partial charge is 0.497 e. The average Bonchev–Trinajstić information content (AvgIpc) is 2.66. The smallest absolute Gasteiger partial charge is 0.430 e. The molecular weight excluding hydrogens is 373 g/mol.